The lowest BCUT2D eigenvalue weighted by Gasteiger charge is -2.21. The molecule has 4 rings (SSSR count). The lowest BCUT2D eigenvalue weighted by Crippen LogP contribution is -2.08. The Morgan fingerprint density at radius 3 is 2.44 bits per heavy atom. The molecule has 1 fully saturated rings. The molecule has 3 aromatic rings. The van der Waals surface area contributed by atoms with Crippen LogP contribution in [0.3, 0.4) is 0 Å². The first-order valence-electron chi connectivity index (χ1n) is 12.3. The van der Waals surface area contributed by atoms with Gasteiger partial charge in [0.1, 0.15) is 17.9 Å². The molecule has 0 saturated heterocycles. The topological polar surface area (TPSA) is 60.5 Å². The lowest BCUT2D eigenvalue weighted by molar-refractivity contribution is 0.0595. The minimum Gasteiger partial charge on any atom is -0.488 e. The number of benzene rings is 2. The SMILES string of the molecule is CC.COC(=O)c1ccc(NCc2ccc(C3CCCCC3)cn2)cc1OCc1ccccc1. The van der Waals surface area contributed by atoms with Crippen LogP contribution >= 0.6 is 0 Å². The van der Waals surface area contributed by atoms with Gasteiger partial charge in [-0.2, -0.15) is 0 Å². The molecule has 0 amide bonds. The highest BCUT2D eigenvalue weighted by Gasteiger charge is 2.16. The van der Waals surface area contributed by atoms with E-state index in [4.69, 9.17) is 9.47 Å². The highest BCUT2D eigenvalue weighted by atomic mass is 16.5. The fourth-order valence-electron chi connectivity index (χ4n) is 4.18. The average molecular weight is 461 g/mol. The van der Waals surface area contributed by atoms with Gasteiger partial charge in [0.15, 0.2) is 0 Å². The van der Waals surface area contributed by atoms with E-state index >= 15 is 0 Å². The van der Waals surface area contributed by atoms with Crippen molar-refractivity contribution in [2.45, 2.75) is 65.0 Å². The van der Waals surface area contributed by atoms with Crippen molar-refractivity contribution in [3.63, 3.8) is 0 Å². The second-order valence-corrected chi connectivity index (χ2v) is 8.25. The maximum Gasteiger partial charge on any atom is 0.341 e. The van der Waals surface area contributed by atoms with Gasteiger partial charge in [-0.05, 0) is 48.1 Å². The third kappa shape index (κ3) is 7.08. The average Bonchev–Trinajstić information content (AvgIpc) is 2.93. The first kappa shape index (κ1) is 25.3. The van der Waals surface area contributed by atoms with Gasteiger partial charge in [-0.1, -0.05) is 69.5 Å². The molecule has 1 aliphatic rings. The molecular weight excluding hydrogens is 424 g/mol. The second-order valence-electron chi connectivity index (χ2n) is 8.25. The summed E-state index contributed by atoms with van der Waals surface area (Å²) in [7, 11) is 1.37. The second kappa shape index (κ2) is 13.4. The summed E-state index contributed by atoms with van der Waals surface area (Å²) in [6, 6.07) is 19.6. The Morgan fingerprint density at radius 1 is 1.00 bits per heavy atom. The predicted molar refractivity (Wildman–Crippen MR) is 137 cm³/mol. The van der Waals surface area contributed by atoms with Gasteiger partial charge in [0.25, 0.3) is 0 Å². The van der Waals surface area contributed by atoms with Gasteiger partial charge in [0.2, 0.25) is 0 Å². The van der Waals surface area contributed by atoms with E-state index in [1.54, 1.807) is 6.07 Å². The highest BCUT2D eigenvalue weighted by Crippen LogP contribution is 2.32. The van der Waals surface area contributed by atoms with Gasteiger partial charge in [0, 0.05) is 18.0 Å². The van der Waals surface area contributed by atoms with Crippen LogP contribution in [-0.4, -0.2) is 18.1 Å². The largest absolute Gasteiger partial charge is 0.488 e. The molecule has 0 spiro atoms. The number of carbonyl (C=O) groups excluding carboxylic acids is 1. The number of nitrogens with zero attached hydrogens (tertiary/aromatic N) is 1. The summed E-state index contributed by atoms with van der Waals surface area (Å²) < 4.78 is 10.9. The maximum atomic E-state index is 12.2. The van der Waals surface area contributed by atoms with Crippen LogP contribution in [0.1, 0.15) is 79.0 Å². The summed E-state index contributed by atoms with van der Waals surface area (Å²) in [6.45, 7) is 4.97. The standard InChI is InChI=1S/C27H30N2O3.C2H6/c1-31-27(30)25-15-14-23(16-26(25)32-19-20-8-4-2-5-9-20)29-18-24-13-12-22(17-28-24)21-10-6-3-7-11-21;1-2/h2,4-5,8-9,12-17,21,29H,3,6-7,10-11,18-19H2,1H3;1-2H3. The molecule has 0 atom stereocenters. The number of esters is 1. The van der Waals surface area contributed by atoms with Crippen LogP contribution in [0, 0.1) is 0 Å². The molecule has 0 radical (unpaired) electrons. The van der Waals surface area contributed by atoms with E-state index in [-0.39, 0.29) is 0 Å². The minimum absolute atomic E-state index is 0.373. The molecule has 1 N–H and O–H groups in total. The van der Waals surface area contributed by atoms with Crippen LogP contribution in [0.25, 0.3) is 0 Å². The number of hydrogen-bond donors (Lipinski definition) is 1. The van der Waals surface area contributed by atoms with Gasteiger partial charge in [-0.25, -0.2) is 4.79 Å². The summed E-state index contributed by atoms with van der Waals surface area (Å²) in [5.74, 6) is 0.735. The summed E-state index contributed by atoms with van der Waals surface area (Å²) in [5.41, 5.74) is 4.63. The van der Waals surface area contributed by atoms with Crippen molar-refractivity contribution in [2.75, 3.05) is 12.4 Å². The summed E-state index contributed by atoms with van der Waals surface area (Å²) in [4.78, 5) is 16.8. The number of hydrogen-bond acceptors (Lipinski definition) is 5. The van der Waals surface area contributed by atoms with E-state index in [1.165, 1.54) is 44.8 Å². The number of methoxy groups -OCH3 is 1. The number of anilines is 1. The van der Waals surface area contributed by atoms with Crippen LogP contribution in [0.15, 0.2) is 66.9 Å². The molecule has 2 aromatic carbocycles. The first-order valence-corrected chi connectivity index (χ1v) is 12.3. The number of pyridine rings is 1. The molecule has 1 aliphatic carbocycles. The molecule has 5 nitrogen and oxygen atoms in total. The summed E-state index contributed by atoms with van der Waals surface area (Å²) >= 11 is 0. The molecule has 34 heavy (non-hydrogen) atoms. The van der Waals surface area contributed by atoms with E-state index in [2.05, 4.69) is 22.4 Å². The monoisotopic (exact) mass is 460 g/mol. The van der Waals surface area contributed by atoms with E-state index in [0.717, 1.165) is 16.9 Å². The van der Waals surface area contributed by atoms with Crippen molar-refractivity contribution < 1.29 is 14.3 Å². The molecule has 1 saturated carbocycles. The van der Waals surface area contributed by atoms with Crippen molar-refractivity contribution in [1.82, 2.24) is 4.98 Å². The molecule has 0 unspecified atom stereocenters. The third-order valence-corrected chi connectivity index (χ3v) is 6.02. The minimum atomic E-state index is -0.417. The third-order valence-electron chi connectivity index (χ3n) is 6.02. The normalized spacial score (nSPS) is 13.4. The van der Waals surface area contributed by atoms with E-state index in [9.17, 15) is 4.79 Å². The Balaban J connectivity index is 0.00000158. The molecule has 1 aromatic heterocycles. The van der Waals surface area contributed by atoms with Crippen LogP contribution in [0.4, 0.5) is 5.69 Å². The Hall–Kier alpha value is -3.34. The van der Waals surface area contributed by atoms with Gasteiger partial charge in [0.05, 0.1) is 19.3 Å². The zero-order chi connectivity index (χ0) is 24.2. The van der Waals surface area contributed by atoms with E-state index < -0.39 is 5.97 Å². The number of nitrogens with one attached hydrogen (secondary N) is 1. The summed E-state index contributed by atoms with van der Waals surface area (Å²) in [6.07, 6.45) is 8.59. The molecule has 1 heterocycles. The molecule has 180 valence electrons. The van der Waals surface area contributed by atoms with Gasteiger partial charge in [-0.3, -0.25) is 4.98 Å². The van der Waals surface area contributed by atoms with Gasteiger partial charge >= 0.3 is 5.97 Å². The fraction of sp³-hybridized carbons (Fsp3) is 0.379. The maximum absolute atomic E-state index is 12.2. The van der Waals surface area contributed by atoms with Crippen molar-refractivity contribution in [3.05, 3.63) is 89.2 Å². The lowest BCUT2D eigenvalue weighted by atomic mass is 9.85. The van der Waals surface area contributed by atoms with Gasteiger partial charge in [-0.15, -0.1) is 0 Å². The number of ether oxygens (including phenoxy) is 2. The molecular formula is C29H36N2O3. The smallest absolute Gasteiger partial charge is 0.341 e. The highest BCUT2D eigenvalue weighted by molar-refractivity contribution is 5.93. The van der Waals surface area contributed by atoms with Crippen LogP contribution in [-0.2, 0) is 17.9 Å². The Morgan fingerprint density at radius 2 is 1.76 bits per heavy atom. The van der Waals surface area contributed by atoms with E-state index in [1.807, 2.05) is 62.5 Å². The predicted octanol–water partition coefficient (Wildman–Crippen LogP) is 7.13. The van der Waals surface area contributed by atoms with Crippen LogP contribution in [0.2, 0.25) is 0 Å². The number of rotatable bonds is 8. The number of carbonyl (C=O) groups is 1. The quantitative estimate of drug-likeness (QED) is 0.362. The molecule has 5 heteroatoms. The summed E-state index contributed by atoms with van der Waals surface area (Å²) in [5, 5.41) is 3.39. The van der Waals surface area contributed by atoms with Crippen molar-refractivity contribution in [2.24, 2.45) is 0 Å². The Bertz CT molecular complexity index is 1010. The van der Waals surface area contributed by atoms with Gasteiger partial charge < -0.3 is 14.8 Å². The zero-order valence-corrected chi connectivity index (χ0v) is 20.5. The van der Waals surface area contributed by atoms with Crippen molar-refractivity contribution in [3.8, 4) is 5.75 Å². The van der Waals surface area contributed by atoms with Crippen molar-refractivity contribution in [1.29, 1.82) is 0 Å². The molecule has 0 aliphatic heterocycles. The van der Waals surface area contributed by atoms with Crippen LogP contribution < -0.4 is 10.1 Å². The molecule has 0 bridgehead atoms. The Kier molecular flexibility index (Phi) is 9.96. The van der Waals surface area contributed by atoms with Crippen molar-refractivity contribution >= 4 is 11.7 Å². The Labute approximate surface area is 203 Å². The first-order chi connectivity index (χ1) is 16.7. The zero-order valence-electron chi connectivity index (χ0n) is 20.5. The van der Waals surface area contributed by atoms with Crippen LogP contribution in [0.5, 0.6) is 5.75 Å². The fourth-order valence-corrected chi connectivity index (χ4v) is 4.18. The number of aromatic nitrogens is 1. The van der Waals surface area contributed by atoms with E-state index in [0.29, 0.717) is 30.4 Å².